The van der Waals surface area contributed by atoms with Gasteiger partial charge in [-0.2, -0.15) is 0 Å². The van der Waals surface area contributed by atoms with Crippen LogP contribution in [0.3, 0.4) is 0 Å². The van der Waals surface area contributed by atoms with Crippen molar-refractivity contribution in [1.82, 2.24) is 15.1 Å². The van der Waals surface area contributed by atoms with Gasteiger partial charge < -0.3 is 10.1 Å². The summed E-state index contributed by atoms with van der Waals surface area (Å²) >= 11 is 0. The standard InChI is InChI=1S/C17H31N3O/c1-3-15-12-19(8-2-10-20(15)9-1)13-17-7-6-16(21-17)11-18-14-4-5-14/h14-18H,1-13H2. The van der Waals surface area contributed by atoms with Gasteiger partial charge in [0.2, 0.25) is 0 Å². The van der Waals surface area contributed by atoms with E-state index >= 15 is 0 Å². The Kier molecular flexibility index (Phi) is 4.49. The van der Waals surface area contributed by atoms with Gasteiger partial charge in [-0.1, -0.05) is 0 Å². The number of hydrogen-bond donors (Lipinski definition) is 1. The van der Waals surface area contributed by atoms with Crippen LogP contribution in [0.1, 0.15) is 44.9 Å². The highest BCUT2D eigenvalue weighted by atomic mass is 16.5. The van der Waals surface area contributed by atoms with Crippen LogP contribution in [0.5, 0.6) is 0 Å². The molecule has 4 heteroatoms. The van der Waals surface area contributed by atoms with Crippen LogP contribution in [-0.4, -0.2) is 73.4 Å². The first-order chi connectivity index (χ1) is 10.4. The molecule has 1 saturated carbocycles. The molecule has 0 spiro atoms. The summed E-state index contributed by atoms with van der Waals surface area (Å²) in [5.74, 6) is 0. The lowest BCUT2D eigenvalue weighted by Crippen LogP contribution is -2.40. The van der Waals surface area contributed by atoms with E-state index in [1.54, 1.807) is 0 Å². The lowest BCUT2D eigenvalue weighted by atomic mass is 10.1. The zero-order valence-electron chi connectivity index (χ0n) is 13.3. The third-order valence-corrected chi connectivity index (χ3v) is 5.76. The third-order valence-electron chi connectivity index (χ3n) is 5.76. The van der Waals surface area contributed by atoms with Crippen LogP contribution < -0.4 is 5.32 Å². The lowest BCUT2D eigenvalue weighted by molar-refractivity contribution is 0.0222. The molecule has 3 aliphatic heterocycles. The molecule has 0 aromatic heterocycles. The molecule has 120 valence electrons. The van der Waals surface area contributed by atoms with Crippen molar-refractivity contribution in [3.63, 3.8) is 0 Å². The van der Waals surface area contributed by atoms with Crippen molar-refractivity contribution in [3.8, 4) is 0 Å². The Hall–Kier alpha value is -0.160. The molecule has 3 heterocycles. The maximum absolute atomic E-state index is 6.28. The van der Waals surface area contributed by atoms with Gasteiger partial charge in [0.15, 0.2) is 0 Å². The zero-order valence-corrected chi connectivity index (χ0v) is 13.3. The molecule has 0 radical (unpaired) electrons. The lowest BCUT2D eigenvalue weighted by Gasteiger charge is -2.27. The molecule has 4 fully saturated rings. The molecule has 0 bridgehead atoms. The summed E-state index contributed by atoms with van der Waals surface area (Å²) in [5.41, 5.74) is 0. The van der Waals surface area contributed by atoms with E-state index in [9.17, 15) is 0 Å². The first kappa shape index (κ1) is 14.4. The molecule has 4 nitrogen and oxygen atoms in total. The van der Waals surface area contributed by atoms with E-state index in [1.807, 2.05) is 0 Å². The van der Waals surface area contributed by atoms with Crippen LogP contribution in [0.4, 0.5) is 0 Å². The Balaban J connectivity index is 1.22. The average molecular weight is 293 g/mol. The maximum atomic E-state index is 6.28. The molecule has 4 aliphatic rings. The Labute approximate surface area is 129 Å². The summed E-state index contributed by atoms with van der Waals surface area (Å²) in [6.07, 6.45) is 10.4. The second-order valence-electron chi connectivity index (χ2n) is 7.59. The number of nitrogens with zero attached hydrogens (tertiary/aromatic N) is 2. The monoisotopic (exact) mass is 293 g/mol. The van der Waals surface area contributed by atoms with Gasteiger partial charge in [0.05, 0.1) is 12.2 Å². The van der Waals surface area contributed by atoms with Crippen LogP contribution in [0, 0.1) is 0 Å². The molecular formula is C17H31N3O. The molecule has 0 aromatic rings. The summed E-state index contributed by atoms with van der Waals surface area (Å²) < 4.78 is 6.28. The highest BCUT2D eigenvalue weighted by Gasteiger charge is 2.32. The minimum Gasteiger partial charge on any atom is -0.372 e. The van der Waals surface area contributed by atoms with E-state index in [4.69, 9.17) is 4.74 Å². The fraction of sp³-hybridized carbons (Fsp3) is 1.00. The summed E-state index contributed by atoms with van der Waals surface area (Å²) in [5, 5.41) is 3.62. The summed E-state index contributed by atoms with van der Waals surface area (Å²) in [6, 6.07) is 1.65. The third kappa shape index (κ3) is 3.79. The van der Waals surface area contributed by atoms with Gasteiger partial charge in [-0.3, -0.25) is 9.80 Å². The fourth-order valence-corrected chi connectivity index (χ4v) is 4.39. The smallest absolute Gasteiger partial charge is 0.0707 e. The van der Waals surface area contributed by atoms with Gasteiger partial charge >= 0.3 is 0 Å². The van der Waals surface area contributed by atoms with Crippen molar-refractivity contribution in [2.24, 2.45) is 0 Å². The van der Waals surface area contributed by atoms with Crippen molar-refractivity contribution >= 4 is 0 Å². The number of hydrogen-bond acceptors (Lipinski definition) is 4. The highest BCUT2D eigenvalue weighted by molar-refractivity contribution is 4.88. The Morgan fingerprint density at radius 1 is 0.905 bits per heavy atom. The van der Waals surface area contributed by atoms with Gasteiger partial charge in [0.1, 0.15) is 0 Å². The van der Waals surface area contributed by atoms with Crippen LogP contribution in [0.2, 0.25) is 0 Å². The molecule has 4 rings (SSSR count). The molecule has 1 aliphatic carbocycles. The van der Waals surface area contributed by atoms with Crippen molar-refractivity contribution in [3.05, 3.63) is 0 Å². The van der Waals surface area contributed by atoms with E-state index < -0.39 is 0 Å². The van der Waals surface area contributed by atoms with Crippen LogP contribution >= 0.6 is 0 Å². The normalized spacial score (nSPS) is 38.6. The van der Waals surface area contributed by atoms with E-state index in [1.165, 1.54) is 77.7 Å². The van der Waals surface area contributed by atoms with E-state index in [-0.39, 0.29) is 0 Å². The first-order valence-electron chi connectivity index (χ1n) is 9.22. The zero-order chi connectivity index (χ0) is 14.1. The van der Waals surface area contributed by atoms with Crippen molar-refractivity contribution in [2.45, 2.75) is 69.2 Å². The van der Waals surface area contributed by atoms with E-state index in [0.717, 1.165) is 18.6 Å². The number of rotatable bonds is 5. The molecule has 3 atom stereocenters. The topological polar surface area (TPSA) is 27.7 Å². The number of ether oxygens (including phenoxy) is 1. The molecule has 0 amide bonds. The average Bonchev–Trinajstić information content (AvgIpc) is 3.11. The van der Waals surface area contributed by atoms with Crippen molar-refractivity contribution in [1.29, 1.82) is 0 Å². The van der Waals surface area contributed by atoms with Gasteiger partial charge in [-0.15, -0.1) is 0 Å². The molecular weight excluding hydrogens is 262 g/mol. The maximum Gasteiger partial charge on any atom is 0.0707 e. The molecule has 3 saturated heterocycles. The van der Waals surface area contributed by atoms with Crippen molar-refractivity contribution in [2.75, 3.05) is 39.3 Å². The van der Waals surface area contributed by atoms with Gasteiger partial charge in [-0.25, -0.2) is 0 Å². The predicted octanol–water partition coefficient (Wildman–Crippen LogP) is 1.46. The second kappa shape index (κ2) is 6.53. The predicted molar refractivity (Wildman–Crippen MR) is 84.6 cm³/mol. The second-order valence-corrected chi connectivity index (χ2v) is 7.59. The molecule has 3 unspecified atom stereocenters. The molecule has 0 aromatic carbocycles. The molecule has 21 heavy (non-hydrogen) atoms. The van der Waals surface area contributed by atoms with E-state index in [2.05, 4.69) is 15.1 Å². The summed E-state index contributed by atoms with van der Waals surface area (Å²) in [7, 11) is 0. The Bertz CT molecular complexity index is 347. The number of fused-ring (bicyclic) bond motifs is 1. The van der Waals surface area contributed by atoms with Gasteiger partial charge in [0.25, 0.3) is 0 Å². The van der Waals surface area contributed by atoms with Crippen LogP contribution in [0.15, 0.2) is 0 Å². The largest absolute Gasteiger partial charge is 0.372 e. The first-order valence-corrected chi connectivity index (χ1v) is 9.22. The Morgan fingerprint density at radius 2 is 1.76 bits per heavy atom. The minimum atomic E-state index is 0.477. The fourth-order valence-electron chi connectivity index (χ4n) is 4.39. The Morgan fingerprint density at radius 3 is 2.67 bits per heavy atom. The highest BCUT2D eigenvalue weighted by Crippen LogP contribution is 2.25. The molecule has 1 N–H and O–H groups in total. The summed E-state index contributed by atoms with van der Waals surface area (Å²) in [4.78, 5) is 5.41. The SMILES string of the molecule is C1CC2CN(CC3CCC(CNC4CC4)O3)CCCN2C1. The quantitative estimate of drug-likeness (QED) is 0.830. The summed E-state index contributed by atoms with van der Waals surface area (Å²) in [6.45, 7) is 7.47. The van der Waals surface area contributed by atoms with Crippen molar-refractivity contribution < 1.29 is 4.74 Å². The van der Waals surface area contributed by atoms with Crippen LogP contribution in [-0.2, 0) is 4.74 Å². The minimum absolute atomic E-state index is 0.477. The number of nitrogens with one attached hydrogen (secondary N) is 1. The van der Waals surface area contributed by atoms with Crippen LogP contribution in [0.25, 0.3) is 0 Å². The van der Waals surface area contributed by atoms with E-state index in [0.29, 0.717) is 12.2 Å². The van der Waals surface area contributed by atoms with Gasteiger partial charge in [-0.05, 0) is 64.6 Å². The van der Waals surface area contributed by atoms with Gasteiger partial charge in [0, 0.05) is 31.7 Å².